The molecule has 2 heterocycles. The van der Waals surface area contributed by atoms with Gasteiger partial charge in [0.2, 0.25) is 0 Å². The van der Waals surface area contributed by atoms with Crippen molar-refractivity contribution in [2.24, 2.45) is 0 Å². The van der Waals surface area contributed by atoms with Crippen LogP contribution in [0.3, 0.4) is 0 Å². The second-order valence-electron chi connectivity index (χ2n) is 5.27. The topological polar surface area (TPSA) is 48.5 Å². The maximum absolute atomic E-state index is 12.5. The van der Waals surface area contributed by atoms with Gasteiger partial charge in [-0.3, -0.25) is 4.79 Å². The van der Waals surface area contributed by atoms with Gasteiger partial charge < -0.3 is 15.1 Å². The summed E-state index contributed by atoms with van der Waals surface area (Å²) in [4.78, 5) is 21.0. The number of aromatic nitrogens is 1. The van der Waals surface area contributed by atoms with E-state index in [4.69, 9.17) is 0 Å². The van der Waals surface area contributed by atoms with Gasteiger partial charge in [0.1, 0.15) is 11.5 Å². The number of carbonyl (C=O) groups excluding carboxylic acids is 1. The Morgan fingerprint density at radius 2 is 1.73 bits per heavy atom. The van der Waals surface area contributed by atoms with Crippen LogP contribution < -0.4 is 10.2 Å². The molecule has 0 spiro atoms. The maximum Gasteiger partial charge on any atom is 0.272 e. The maximum atomic E-state index is 12.5. The van der Waals surface area contributed by atoms with Gasteiger partial charge in [0, 0.05) is 38.9 Å². The van der Waals surface area contributed by atoms with Crippen molar-refractivity contribution in [3.8, 4) is 0 Å². The number of nitrogens with zero attached hydrogens (tertiary/aromatic N) is 3. The lowest BCUT2D eigenvalue weighted by Crippen LogP contribution is -2.49. The Morgan fingerprint density at radius 3 is 2.41 bits per heavy atom. The van der Waals surface area contributed by atoms with Crippen LogP contribution in [-0.2, 0) is 0 Å². The zero-order chi connectivity index (χ0) is 15.4. The molecule has 0 saturated carbocycles. The number of carbonyl (C=O) groups is 1. The highest BCUT2D eigenvalue weighted by Gasteiger charge is 2.23. The fourth-order valence-corrected chi connectivity index (χ4v) is 2.66. The zero-order valence-corrected chi connectivity index (χ0v) is 12.7. The number of para-hydroxylation sites is 1. The van der Waals surface area contributed by atoms with E-state index in [1.54, 1.807) is 13.1 Å². The molecular weight excluding hydrogens is 276 g/mol. The first-order chi connectivity index (χ1) is 10.8. The minimum atomic E-state index is 0.00446. The van der Waals surface area contributed by atoms with Crippen LogP contribution in [-0.4, -0.2) is 49.0 Å². The van der Waals surface area contributed by atoms with E-state index in [2.05, 4.69) is 27.3 Å². The van der Waals surface area contributed by atoms with Crippen molar-refractivity contribution >= 4 is 17.4 Å². The van der Waals surface area contributed by atoms with Crippen LogP contribution in [0.5, 0.6) is 0 Å². The standard InChI is InChI=1S/C17H20N4O/c1-18-16-9-5-8-15(19-16)17(22)21-12-10-20(11-13-21)14-6-3-2-4-7-14/h2-9H,10-13H2,1H3,(H,18,19). The Hall–Kier alpha value is -2.56. The average Bonchev–Trinajstić information content (AvgIpc) is 2.62. The largest absolute Gasteiger partial charge is 0.373 e. The molecule has 22 heavy (non-hydrogen) atoms. The number of hydrogen-bond donors (Lipinski definition) is 1. The second-order valence-corrected chi connectivity index (χ2v) is 5.27. The number of piperazine rings is 1. The summed E-state index contributed by atoms with van der Waals surface area (Å²) in [5.41, 5.74) is 1.71. The van der Waals surface area contributed by atoms with E-state index in [9.17, 15) is 4.79 Å². The van der Waals surface area contributed by atoms with Crippen LogP contribution in [0.2, 0.25) is 0 Å². The van der Waals surface area contributed by atoms with Crippen molar-refractivity contribution in [1.29, 1.82) is 0 Å². The van der Waals surface area contributed by atoms with Crippen molar-refractivity contribution < 1.29 is 4.79 Å². The summed E-state index contributed by atoms with van der Waals surface area (Å²) in [6.45, 7) is 3.14. The Morgan fingerprint density at radius 1 is 1.00 bits per heavy atom. The summed E-state index contributed by atoms with van der Waals surface area (Å²) in [6.07, 6.45) is 0. The number of benzene rings is 1. The fourth-order valence-electron chi connectivity index (χ4n) is 2.66. The third-order valence-electron chi connectivity index (χ3n) is 3.91. The number of nitrogens with one attached hydrogen (secondary N) is 1. The molecule has 1 aromatic heterocycles. The Labute approximate surface area is 130 Å². The number of amides is 1. The summed E-state index contributed by atoms with van der Waals surface area (Å²) in [6, 6.07) is 15.8. The van der Waals surface area contributed by atoms with Gasteiger partial charge in [-0.05, 0) is 24.3 Å². The van der Waals surface area contributed by atoms with Gasteiger partial charge >= 0.3 is 0 Å². The SMILES string of the molecule is CNc1cccc(C(=O)N2CCN(c3ccccc3)CC2)n1. The molecule has 1 fully saturated rings. The first-order valence-corrected chi connectivity index (χ1v) is 7.52. The van der Waals surface area contributed by atoms with Gasteiger partial charge in [-0.15, -0.1) is 0 Å². The molecular formula is C17H20N4O. The smallest absolute Gasteiger partial charge is 0.272 e. The highest BCUT2D eigenvalue weighted by Crippen LogP contribution is 2.16. The third kappa shape index (κ3) is 3.03. The Kier molecular flexibility index (Phi) is 4.23. The number of anilines is 2. The van der Waals surface area contributed by atoms with Crippen LogP contribution in [0.1, 0.15) is 10.5 Å². The number of pyridine rings is 1. The summed E-state index contributed by atoms with van der Waals surface area (Å²) >= 11 is 0. The number of rotatable bonds is 3. The summed E-state index contributed by atoms with van der Waals surface area (Å²) in [7, 11) is 1.80. The molecule has 114 valence electrons. The molecule has 3 rings (SSSR count). The molecule has 1 aliphatic rings. The van der Waals surface area contributed by atoms with Crippen LogP contribution in [0.15, 0.2) is 48.5 Å². The minimum absolute atomic E-state index is 0.00446. The molecule has 0 aliphatic carbocycles. The Balaban J connectivity index is 1.64. The van der Waals surface area contributed by atoms with Gasteiger partial charge in [0.15, 0.2) is 0 Å². The van der Waals surface area contributed by atoms with Crippen LogP contribution in [0, 0.1) is 0 Å². The van der Waals surface area contributed by atoms with Gasteiger partial charge in [-0.2, -0.15) is 0 Å². The highest BCUT2D eigenvalue weighted by molar-refractivity contribution is 5.92. The summed E-state index contributed by atoms with van der Waals surface area (Å²) in [5, 5.41) is 2.96. The molecule has 0 radical (unpaired) electrons. The van der Waals surface area contributed by atoms with Crippen LogP contribution in [0.4, 0.5) is 11.5 Å². The molecule has 1 amide bonds. The van der Waals surface area contributed by atoms with E-state index in [-0.39, 0.29) is 5.91 Å². The number of hydrogen-bond acceptors (Lipinski definition) is 4. The average molecular weight is 296 g/mol. The predicted octanol–water partition coefficient (Wildman–Crippen LogP) is 2.09. The molecule has 2 aromatic rings. The van der Waals surface area contributed by atoms with Crippen molar-refractivity contribution in [2.45, 2.75) is 0 Å². The monoisotopic (exact) mass is 296 g/mol. The molecule has 0 bridgehead atoms. The summed E-state index contributed by atoms with van der Waals surface area (Å²) < 4.78 is 0. The lowest BCUT2D eigenvalue weighted by atomic mass is 10.2. The molecule has 1 saturated heterocycles. The first kappa shape index (κ1) is 14.4. The fraction of sp³-hybridized carbons (Fsp3) is 0.294. The zero-order valence-electron chi connectivity index (χ0n) is 12.7. The van der Waals surface area contributed by atoms with E-state index in [1.807, 2.05) is 35.2 Å². The van der Waals surface area contributed by atoms with Crippen molar-refractivity contribution in [1.82, 2.24) is 9.88 Å². The van der Waals surface area contributed by atoms with Crippen molar-refractivity contribution in [3.63, 3.8) is 0 Å². The van der Waals surface area contributed by atoms with Gasteiger partial charge in [-0.25, -0.2) is 4.98 Å². The van der Waals surface area contributed by atoms with Gasteiger partial charge in [0.05, 0.1) is 0 Å². The van der Waals surface area contributed by atoms with Crippen molar-refractivity contribution in [2.75, 3.05) is 43.4 Å². The molecule has 1 aromatic carbocycles. The molecule has 1 aliphatic heterocycles. The van der Waals surface area contributed by atoms with E-state index in [0.29, 0.717) is 11.5 Å². The lowest BCUT2D eigenvalue weighted by molar-refractivity contribution is 0.0741. The summed E-state index contributed by atoms with van der Waals surface area (Å²) in [5.74, 6) is 0.721. The minimum Gasteiger partial charge on any atom is -0.373 e. The normalized spacial score (nSPS) is 14.8. The van der Waals surface area contributed by atoms with E-state index < -0.39 is 0 Å². The molecule has 0 unspecified atom stereocenters. The third-order valence-corrected chi connectivity index (χ3v) is 3.91. The van der Waals surface area contributed by atoms with Gasteiger partial charge in [-0.1, -0.05) is 24.3 Å². The van der Waals surface area contributed by atoms with E-state index in [1.165, 1.54) is 5.69 Å². The second kappa shape index (κ2) is 6.47. The van der Waals surface area contributed by atoms with Crippen LogP contribution in [0.25, 0.3) is 0 Å². The first-order valence-electron chi connectivity index (χ1n) is 7.52. The van der Waals surface area contributed by atoms with E-state index >= 15 is 0 Å². The molecule has 5 heteroatoms. The lowest BCUT2D eigenvalue weighted by Gasteiger charge is -2.36. The Bertz CT molecular complexity index is 636. The van der Waals surface area contributed by atoms with Crippen molar-refractivity contribution in [3.05, 3.63) is 54.2 Å². The molecule has 5 nitrogen and oxygen atoms in total. The molecule has 0 atom stereocenters. The quantitative estimate of drug-likeness (QED) is 0.942. The van der Waals surface area contributed by atoms with E-state index in [0.717, 1.165) is 26.2 Å². The van der Waals surface area contributed by atoms with Gasteiger partial charge in [0.25, 0.3) is 5.91 Å². The molecule has 1 N–H and O–H groups in total. The predicted molar refractivity (Wildman–Crippen MR) is 88.3 cm³/mol. The highest BCUT2D eigenvalue weighted by atomic mass is 16.2. The van der Waals surface area contributed by atoms with Crippen LogP contribution >= 0.6 is 0 Å².